The van der Waals surface area contributed by atoms with Crippen LogP contribution in [0.25, 0.3) is 22.2 Å². The Balaban J connectivity index is 1.63. The third-order valence-electron chi connectivity index (χ3n) is 4.12. The number of aromatic nitrogens is 3. The van der Waals surface area contributed by atoms with Crippen LogP contribution in [0.2, 0.25) is 0 Å². The number of carbonyl (C=O) groups is 1. The number of H-pyrrole nitrogens is 1. The van der Waals surface area contributed by atoms with Gasteiger partial charge in [0.05, 0.1) is 21.5 Å². The molecule has 0 unspecified atom stereocenters. The summed E-state index contributed by atoms with van der Waals surface area (Å²) in [6, 6.07) is 8.73. The zero-order valence-corrected chi connectivity index (χ0v) is 14.8. The van der Waals surface area contributed by atoms with Crippen LogP contribution in [0.15, 0.2) is 48.0 Å². The predicted octanol–water partition coefficient (Wildman–Crippen LogP) is 3.94. The number of hydrogen-bond acceptors (Lipinski definition) is 4. The minimum Gasteiger partial charge on any atom is -0.352 e. The maximum absolute atomic E-state index is 15.1. The van der Waals surface area contributed by atoms with Crippen molar-refractivity contribution in [3.63, 3.8) is 0 Å². The van der Waals surface area contributed by atoms with E-state index < -0.39 is 17.5 Å². The van der Waals surface area contributed by atoms with Gasteiger partial charge in [-0.05, 0) is 24.3 Å². The number of hydrogen-bond donors (Lipinski definition) is 2. The summed E-state index contributed by atoms with van der Waals surface area (Å²) in [4.78, 5) is 16.5. The van der Waals surface area contributed by atoms with E-state index in [9.17, 15) is 9.18 Å². The molecule has 0 saturated carbocycles. The van der Waals surface area contributed by atoms with Crippen molar-refractivity contribution in [2.75, 3.05) is 6.54 Å². The molecule has 0 bridgehead atoms. The van der Waals surface area contributed by atoms with Gasteiger partial charge in [0.15, 0.2) is 0 Å². The fourth-order valence-electron chi connectivity index (χ4n) is 2.85. The predicted molar refractivity (Wildman–Crippen MR) is 99.6 cm³/mol. The minimum absolute atomic E-state index is 0.0827. The van der Waals surface area contributed by atoms with E-state index in [0.29, 0.717) is 24.0 Å². The number of amides is 1. The lowest BCUT2D eigenvalue weighted by molar-refractivity contribution is 0.0950. The Morgan fingerprint density at radius 1 is 1.22 bits per heavy atom. The molecule has 0 radical (unpaired) electrons. The summed E-state index contributed by atoms with van der Waals surface area (Å²) in [7, 11) is 0. The Morgan fingerprint density at radius 2 is 2.11 bits per heavy atom. The Hall–Kier alpha value is -3.13. The van der Waals surface area contributed by atoms with Gasteiger partial charge in [-0.15, -0.1) is 11.3 Å². The number of rotatable bonds is 5. The van der Waals surface area contributed by atoms with E-state index in [1.807, 2.05) is 5.38 Å². The van der Waals surface area contributed by atoms with Crippen molar-refractivity contribution in [3.8, 4) is 11.3 Å². The highest BCUT2D eigenvalue weighted by molar-refractivity contribution is 7.09. The van der Waals surface area contributed by atoms with Crippen LogP contribution in [-0.2, 0) is 6.42 Å². The molecule has 0 aliphatic rings. The first-order valence-electron chi connectivity index (χ1n) is 8.22. The molecule has 5 nitrogen and oxygen atoms in total. The molecule has 2 N–H and O–H groups in total. The second-order valence-electron chi connectivity index (χ2n) is 5.86. The Bertz CT molecular complexity index is 1110. The zero-order valence-electron chi connectivity index (χ0n) is 14.0. The lowest BCUT2D eigenvalue weighted by Crippen LogP contribution is -2.26. The van der Waals surface area contributed by atoms with Crippen molar-refractivity contribution in [3.05, 3.63) is 70.2 Å². The topological polar surface area (TPSA) is 70.7 Å². The molecule has 0 spiro atoms. The van der Waals surface area contributed by atoms with Gasteiger partial charge in [0.25, 0.3) is 5.91 Å². The van der Waals surface area contributed by atoms with Gasteiger partial charge in [-0.1, -0.05) is 12.1 Å². The highest BCUT2D eigenvalue weighted by Crippen LogP contribution is 2.30. The smallest absolute Gasteiger partial charge is 0.254 e. The second kappa shape index (κ2) is 7.24. The molecule has 27 heavy (non-hydrogen) atoms. The van der Waals surface area contributed by atoms with E-state index in [-0.39, 0.29) is 16.6 Å². The molecule has 8 heteroatoms. The lowest BCUT2D eigenvalue weighted by atomic mass is 10.0. The van der Waals surface area contributed by atoms with Gasteiger partial charge in [-0.3, -0.25) is 9.89 Å². The van der Waals surface area contributed by atoms with Crippen molar-refractivity contribution in [2.45, 2.75) is 6.42 Å². The third kappa shape index (κ3) is 3.43. The summed E-state index contributed by atoms with van der Waals surface area (Å²) in [5.74, 6) is -1.65. The molecule has 2 aromatic carbocycles. The highest BCUT2D eigenvalue weighted by atomic mass is 32.1. The van der Waals surface area contributed by atoms with Crippen LogP contribution in [0.5, 0.6) is 0 Å². The molecule has 2 heterocycles. The van der Waals surface area contributed by atoms with E-state index >= 15 is 4.39 Å². The fourth-order valence-corrected chi connectivity index (χ4v) is 3.47. The molecule has 0 atom stereocenters. The van der Waals surface area contributed by atoms with E-state index in [1.165, 1.54) is 35.6 Å². The van der Waals surface area contributed by atoms with Gasteiger partial charge in [0.2, 0.25) is 0 Å². The molecule has 4 rings (SSSR count). The number of nitrogens with one attached hydrogen (secondary N) is 2. The molecule has 136 valence electrons. The molecule has 4 aromatic rings. The van der Waals surface area contributed by atoms with Crippen LogP contribution in [0.1, 0.15) is 15.4 Å². The summed E-state index contributed by atoms with van der Waals surface area (Å²) < 4.78 is 28.6. The molecular weight excluding hydrogens is 370 g/mol. The van der Waals surface area contributed by atoms with Crippen LogP contribution in [-0.4, -0.2) is 27.6 Å². The molecule has 1 amide bonds. The summed E-state index contributed by atoms with van der Waals surface area (Å²) >= 11 is 1.50. The Labute approximate surface area is 157 Å². The van der Waals surface area contributed by atoms with Crippen LogP contribution in [0, 0.1) is 11.6 Å². The number of thiazole rings is 1. The zero-order chi connectivity index (χ0) is 18.8. The maximum atomic E-state index is 15.1. The van der Waals surface area contributed by atoms with E-state index in [0.717, 1.165) is 5.01 Å². The number of carbonyl (C=O) groups excluding carboxylic acids is 1. The summed E-state index contributed by atoms with van der Waals surface area (Å²) in [6.45, 7) is 0.353. The Morgan fingerprint density at radius 3 is 2.89 bits per heavy atom. The number of nitrogens with zero attached hydrogens (tertiary/aromatic N) is 2. The SMILES string of the molecule is O=C(NCCc1nccs1)c1ccc2[nH]nc(-c3cccc(F)c3)c2c1F. The molecule has 0 aliphatic carbocycles. The van der Waals surface area contributed by atoms with Crippen LogP contribution < -0.4 is 5.32 Å². The maximum Gasteiger partial charge on any atom is 0.254 e. The molecule has 0 saturated heterocycles. The number of fused-ring (bicyclic) bond motifs is 1. The molecular formula is C19H14F2N4OS. The van der Waals surface area contributed by atoms with Gasteiger partial charge >= 0.3 is 0 Å². The lowest BCUT2D eigenvalue weighted by Gasteiger charge is -2.07. The highest BCUT2D eigenvalue weighted by Gasteiger charge is 2.19. The minimum atomic E-state index is -0.688. The number of benzene rings is 2. The van der Waals surface area contributed by atoms with Gasteiger partial charge in [0, 0.05) is 30.1 Å². The van der Waals surface area contributed by atoms with Crippen molar-refractivity contribution >= 4 is 28.1 Å². The standard InChI is InChI=1S/C19H14F2N4OS/c20-12-3-1-2-11(10-12)18-16-14(24-25-18)5-4-13(17(16)21)19(26)23-7-6-15-22-8-9-27-15/h1-5,8-10H,6-7H2,(H,23,26)(H,24,25). The van der Waals surface area contributed by atoms with Crippen LogP contribution in [0.3, 0.4) is 0 Å². The Kier molecular flexibility index (Phi) is 4.64. The molecule has 2 aromatic heterocycles. The van der Waals surface area contributed by atoms with Crippen molar-refractivity contribution < 1.29 is 13.6 Å². The third-order valence-corrected chi connectivity index (χ3v) is 4.96. The van der Waals surface area contributed by atoms with Gasteiger partial charge in [0.1, 0.15) is 17.3 Å². The van der Waals surface area contributed by atoms with Gasteiger partial charge in [-0.2, -0.15) is 5.10 Å². The largest absolute Gasteiger partial charge is 0.352 e. The first kappa shape index (κ1) is 17.3. The second-order valence-corrected chi connectivity index (χ2v) is 6.84. The van der Waals surface area contributed by atoms with E-state index in [2.05, 4.69) is 20.5 Å². The normalized spacial score (nSPS) is 11.0. The number of aromatic amines is 1. The summed E-state index contributed by atoms with van der Waals surface area (Å²) in [6.07, 6.45) is 2.27. The quantitative estimate of drug-likeness (QED) is 0.548. The first-order chi connectivity index (χ1) is 13.1. The number of halogens is 2. The molecule has 0 fully saturated rings. The van der Waals surface area contributed by atoms with Crippen LogP contribution in [0.4, 0.5) is 8.78 Å². The first-order valence-corrected chi connectivity index (χ1v) is 9.10. The van der Waals surface area contributed by atoms with Crippen molar-refractivity contribution in [1.82, 2.24) is 20.5 Å². The van der Waals surface area contributed by atoms with Gasteiger partial charge < -0.3 is 5.32 Å². The summed E-state index contributed by atoms with van der Waals surface area (Å²) in [5, 5.41) is 12.4. The van der Waals surface area contributed by atoms with E-state index in [4.69, 9.17) is 0 Å². The molecule has 0 aliphatic heterocycles. The van der Waals surface area contributed by atoms with Crippen molar-refractivity contribution in [2.24, 2.45) is 0 Å². The van der Waals surface area contributed by atoms with Crippen LogP contribution >= 0.6 is 11.3 Å². The van der Waals surface area contributed by atoms with Crippen molar-refractivity contribution in [1.29, 1.82) is 0 Å². The monoisotopic (exact) mass is 384 g/mol. The fraction of sp³-hybridized carbons (Fsp3) is 0.105. The van der Waals surface area contributed by atoms with E-state index in [1.54, 1.807) is 18.3 Å². The van der Waals surface area contributed by atoms with Gasteiger partial charge in [-0.25, -0.2) is 13.8 Å². The average molecular weight is 384 g/mol. The summed E-state index contributed by atoms with van der Waals surface area (Å²) in [5.41, 5.74) is 1.05. The average Bonchev–Trinajstić information content (AvgIpc) is 3.32.